The summed E-state index contributed by atoms with van der Waals surface area (Å²) in [6, 6.07) is 7.15. The van der Waals surface area contributed by atoms with E-state index in [1.807, 2.05) is 26.8 Å². The van der Waals surface area contributed by atoms with Crippen molar-refractivity contribution in [1.29, 1.82) is 5.26 Å². The van der Waals surface area contributed by atoms with Crippen LogP contribution in [0.4, 0.5) is 0 Å². The van der Waals surface area contributed by atoms with Crippen molar-refractivity contribution in [2.24, 2.45) is 0 Å². The van der Waals surface area contributed by atoms with Crippen molar-refractivity contribution in [3.8, 4) is 17.6 Å². The molecule has 0 spiro atoms. The molecule has 1 N–H and O–H groups in total. The van der Waals surface area contributed by atoms with Gasteiger partial charge in [0, 0.05) is 12.1 Å². The van der Waals surface area contributed by atoms with Crippen LogP contribution >= 0.6 is 0 Å². The fraction of sp³-hybridized carbons (Fsp3) is 0.467. The number of hydrogen-bond acceptors (Lipinski definition) is 4. The first-order valence-corrected chi connectivity index (χ1v) is 6.66. The summed E-state index contributed by atoms with van der Waals surface area (Å²) in [6.07, 6.45) is 0.281. The average molecular weight is 276 g/mol. The van der Waals surface area contributed by atoms with Gasteiger partial charge in [-0.3, -0.25) is 4.79 Å². The zero-order chi connectivity index (χ0) is 15.0. The third kappa shape index (κ3) is 5.19. The van der Waals surface area contributed by atoms with Gasteiger partial charge >= 0.3 is 0 Å². The van der Waals surface area contributed by atoms with Gasteiger partial charge in [-0.1, -0.05) is 0 Å². The van der Waals surface area contributed by atoms with Crippen molar-refractivity contribution in [3.63, 3.8) is 0 Å². The average Bonchev–Trinajstić information content (AvgIpc) is 2.39. The van der Waals surface area contributed by atoms with Gasteiger partial charge in [-0.05, 0) is 32.9 Å². The number of carbonyl (C=O) groups is 1. The topological polar surface area (TPSA) is 71.3 Å². The molecule has 0 aliphatic rings. The number of nitrogens with one attached hydrogen (secondary N) is 1. The number of nitrogens with zero attached hydrogens (tertiary/aromatic N) is 1. The summed E-state index contributed by atoms with van der Waals surface area (Å²) < 4.78 is 11.0. The lowest BCUT2D eigenvalue weighted by Crippen LogP contribution is -2.31. The Bertz CT molecular complexity index is 492. The molecule has 0 saturated carbocycles. The number of rotatable bonds is 7. The lowest BCUT2D eigenvalue weighted by atomic mass is 10.2. The van der Waals surface area contributed by atoms with Gasteiger partial charge in [-0.15, -0.1) is 0 Å². The van der Waals surface area contributed by atoms with Crippen LogP contribution in [-0.2, 0) is 4.79 Å². The van der Waals surface area contributed by atoms with Crippen molar-refractivity contribution in [1.82, 2.24) is 5.32 Å². The molecule has 1 rings (SSSR count). The molecule has 0 aliphatic carbocycles. The zero-order valence-electron chi connectivity index (χ0n) is 12.1. The summed E-state index contributed by atoms with van der Waals surface area (Å²) in [5.41, 5.74) is 0.512. The molecule has 108 valence electrons. The van der Waals surface area contributed by atoms with Gasteiger partial charge in [0.05, 0.1) is 31.3 Å². The maximum atomic E-state index is 11.5. The fourth-order valence-electron chi connectivity index (χ4n) is 1.61. The molecule has 0 saturated heterocycles. The van der Waals surface area contributed by atoms with Crippen molar-refractivity contribution in [2.45, 2.75) is 33.2 Å². The van der Waals surface area contributed by atoms with E-state index in [0.29, 0.717) is 23.7 Å². The summed E-state index contributed by atoms with van der Waals surface area (Å²) in [6.45, 7) is 6.43. The maximum Gasteiger partial charge on any atom is 0.223 e. The van der Waals surface area contributed by atoms with Crippen molar-refractivity contribution in [3.05, 3.63) is 23.8 Å². The first-order valence-electron chi connectivity index (χ1n) is 6.66. The number of ether oxygens (including phenoxy) is 2. The first-order chi connectivity index (χ1) is 9.56. The Balaban J connectivity index is 2.59. The Morgan fingerprint density at radius 1 is 1.35 bits per heavy atom. The highest BCUT2D eigenvalue weighted by Crippen LogP contribution is 2.28. The predicted molar refractivity (Wildman–Crippen MR) is 75.7 cm³/mol. The molecule has 1 amide bonds. The molecule has 20 heavy (non-hydrogen) atoms. The van der Waals surface area contributed by atoms with E-state index < -0.39 is 0 Å². The van der Waals surface area contributed by atoms with Crippen LogP contribution < -0.4 is 14.8 Å². The minimum Gasteiger partial charge on any atom is -0.490 e. The minimum atomic E-state index is -0.0494. The summed E-state index contributed by atoms with van der Waals surface area (Å²) in [7, 11) is 0. The van der Waals surface area contributed by atoms with Crippen molar-refractivity contribution in [2.75, 3.05) is 13.2 Å². The molecule has 0 fully saturated rings. The second kappa shape index (κ2) is 8.05. The Hall–Kier alpha value is -2.22. The minimum absolute atomic E-state index is 0.0494. The van der Waals surface area contributed by atoms with E-state index in [9.17, 15) is 4.79 Å². The van der Waals surface area contributed by atoms with Crippen LogP contribution in [0.5, 0.6) is 11.5 Å². The van der Waals surface area contributed by atoms with Crippen LogP contribution in [0, 0.1) is 11.3 Å². The molecule has 0 heterocycles. The maximum absolute atomic E-state index is 11.5. The second-order valence-electron chi connectivity index (χ2n) is 4.53. The molecule has 1 aromatic rings. The number of carbonyl (C=O) groups excluding carboxylic acids is 1. The van der Waals surface area contributed by atoms with E-state index in [0.717, 1.165) is 0 Å². The Kier molecular flexibility index (Phi) is 6.38. The van der Waals surface area contributed by atoms with Gasteiger partial charge in [-0.25, -0.2) is 0 Å². The first kappa shape index (κ1) is 15.8. The number of benzene rings is 1. The largest absolute Gasteiger partial charge is 0.490 e. The lowest BCUT2D eigenvalue weighted by Gasteiger charge is -2.12. The number of nitriles is 1. The molecule has 0 aliphatic heterocycles. The molecule has 0 unspecified atom stereocenters. The van der Waals surface area contributed by atoms with Gasteiger partial charge < -0.3 is 14.8 Å². The Morgan fingerprint density at radius 2 is 2.10 bits per heavy atom. The highest BCUT2D eigenvalue weighted by molar-refractivity contribution is 5.76. The summed E-state index contributed by atoms with van der Waals surface area (Å²) >= 11 is 0. The van der Waals surface area contributed by atoms with E-state index in [2.05, 4.69) is 5.32 Å². The molecule has 5 nitrogen and oxygen atoms in total. The second-order valence-corrected chi connectivity index (χ2v) is 4.53. The monoisotopic (exact) mass is 276 g/mol. The molecule has 0 atom stereocenters. The van der Waals surface area contributed by atoms with Crippen molar-refractivity contribution >= 4 is 5.91 Å². The highest BCUT2D eigenvalue weighted by atomic mass is 16.5. The van der Waals surface area contributed by atoms with E-state index in [1.165, 1.54) is 0 Å². The van der Waals surface area contributed by atoms with Gasteiger partial charge in [0.15, 0.2) is 11.5 Å². The van der Waals surface area contributed by atoms with Crippen molar-refractivity contribution < 1.29 is 14.3 Å². The van der Waals surface area contributed by atoms with Crippen LogP contribution in [0.3, 0.4) is 0 Å². The Morgan fingerprint density at radius 3 is 2.70 bits per heavy atom. The third-order valence-corrected chi connectivity index (χ3v) is 2.41. The standard InChI is InChI=1S/C15H20N2O3/c1-4-19-14-9-12(10-16)5-6-13(14)20-8-7-15(18)17-11(2)3/h5-6,9,11H,4,7-8H2,1-3H3,(H,17,18). The van der Waals surface area contributed by atoms with E-state index >= 15 is 0 Å². The van der Waals surface area contributed by atoms with Crippen LogP contribution in [0.15, 0.2) is 18.2 Å². The fourth-order valence-corrected chi connectivity index (χ4v) is 1.61. The molecule has 1 aromatic carbocycles. The van der Waals surface area contributed by atoms with E-state index in [-0.39, 0.29) is 25.0 Å². The molecule has 0 radical (unpaired) electrons. The van der Waals surface area contributed by atoms with Gasteiger partial charge in [-0.2, -0.15) is 5.26 Å². The molecule has 0 bridgehead atoms. The van der Waals surface area contributed by atoms with Crippen LogP contribution in [0.25, 0.3) is 0 Å². The normalized spacial score (nSPS) is 9.95. The Labute approximate surface area is 119 Å². The molecule has 0 aromatic heterocycles. The lowest BCUT2D eigenvalue weighted by molar-refractivity contribution is -0.122. The quantitative estimate of drug-likeness (QED) is 0.829. The van der Waals surface area contributed by atoms with Gasteiger partial charge in [0.1, 0.15) is 0 Å². The molecular formula is C15H20N2O3. The predicted octanol–water partition coefficient (Wildman–Crippen LogP) is 2.25. The highest BCUT2D eigenvalue weighted by Gasteiger charge is 2.08. The van der Waals surface area contributed by atoms with E-state index in [1.54, 1.807) is 18.2 Å². The van der Waals surface area contributed by atoms with Gasteiger partial charge in [0.2, 0.25) is 5.91 Å². The zero-order valence-corrected chi connectivity index (χ0v) is 12.1. The van der Waals surface area contributed by atoms with Gasteiger partial charge in [0.25, 0.3) is 0 Å². The molecule has 5 heteroatoms. The molecular weight excluding hydrogens is 256 g/mol. The summed E-state index contributed by atoms with van der Waals surface area (Å²) in [4.78, 5) is 11.5. The van der Waals surface area contributed by atoms with Crippen LogP contribution in [0.1, 0.15) is 32.8 Å². The smallest absolute Gasteiger partial charge is 0.223 e. The number of hydrogen-bond donors (Lipinski definition) is 1. The third-order valence-electron chi connectivity index (χ3n) is 2.41. The summed E-state index contributed by atoms with van der Waals surface area (Å²) in [5.74, 6) is 1.02. The van der Waals surface area contributed by atoms with E-state index in [4.69, 9.17) is 14.7 Å². The SMILES string of the molecule is CCOc1cc(C#N)ccc1OCCC(=O)NC(C)C. The van der Waals surface area contributed by atoms with Crippen LogP contribution in [0.2, 0.25) is 0 Å². The van der Waals surface area contributed by atoms with Crippen LogP contribution in [-0.4, -0.2) is 25.2 Å². The number of amides is 1. The summed E-state index contributed by atoms with van der Waals surface area (Å²) in [5, 5.41) is 11.6.